The molecule has 0 saturated carbocycles. The second-order valence-electron chi connectivity index (χ2n) is 5.59. The lowest BCUT2D eigenvalue weighted by Gasteiger charge is -2.32. The molecular weight excluding hydrogens is 304 g/mol. The summed E-state index contributed by atoms with van der Waals surface area (Å²) in [5.74, 6) is -0.534. The lowest BCUT2D eigenvalue weighted by Crippen LogP contribution is -2.55. The van der Waals surface area contributed by atoms with Gasteiger partial charge in [0.05, 0.1) is 10.1 Å². The van der Waals surface area contributed by atoms with Crippen LogP contribution < -0.4 is 5.32 Å². The molecule has 1 aromatic carbocycles. The zero-order valence-electron chi connectivity index (χ0n) is 12.9. The van der Waals surface area contributed by atoms with Crippen LogP contribution in [-0.4, -0.2) is 49.5 Å². The molecule has 120 valence electrons. The molecule has 1 unspecified atom stereocenters. The van der Waals surface area contributed by atoms with E-state index in [9.17, 15) is 18.0 Å². The number of sulfone groups is 1. The molecular formula is C15H20N2O4S. The highest BCUT2D eigenvalue weighted by Gasteiger charge is 2.30. The van der Waals surface area contributed by atoms with Gasteiger partial charge in [-0.3, -0.25) is 9.59 Å². The molecule has 0 radical (unpaired) electrons. The van der Waals surface area contributed by atoms with Crippen LogP contribution in [0.15, 0.2) is 29.2 Å². The maximum atomic E-state index is 12.6. The number of benzene rings is 1. The van der Waals surface area contributed by atoms with Crippen LogP contribution in [0.5, 0.6) is 0 Å². The van der Waals surface area contributed by atoms with E-state index in [2.05, 4.69) is 5.32 Å². The first-order chi connectivity index (χ1) is 10.2. The van der Waals surface area contributed by atoms with Crippen molar-refractivity contribution in [3.05, 3.63) is 29.8 Å². The highest BCUT2D eigenvalue weighted by molar-refractivity contribution is 7.92. The van der Waals surface area contributed by atoms with Gasteiger partial charge in [-0.2, -0.15) is 0 Å². The Balaban J connectivity index is 2.34. The molecule has 0 aliphatic carbocycles. The highest BCUT2D eigenvalue weighted by Crippen LogP contribution is 2.19. The van der Waals surface area contributed by atoms with Crippen molar-refractivity contribution in [1.82, 2.24) is 10.2 Å². The highest BCUT2D eigenvalue weighted by atomic mass is 32.2. The summed E-state index contributed by atoms with van der Waals surface area (Å²) in [7, 11) is -3.44. The maximum absolute atomic E-state index is 12.6. The van der Waals surface area contributed by atoms with Crippen molar-refractivity contribution in [2.45, 2.75) is 37.0 Å². The number of piperazine rings is 1. The van der Waals surface area contributed by atoms with Crippen molar-refractivity contribution in [1.29, 1.82) is 0 Å². The summed E-state index contributed by atoms with van der Waals surface area (Å²) >= 11 is 0. The molecule has 22 heavy (non-hydrogen) atoms. The average Bonchev–Trinajstić information content (AvgIpc) is 2.49. The summed E-state index contributed by atoms with van der Waals surface area (Å²) in [4.78, 5) is 25.8. The van der Waals surface area contributed by atoms with Gasteiger partial charge in [0, 0.05) is 18.7 Å². The van der Waals surface area contributed by atoms with Crippen LogP contribution in [0.2, 0.25) is 0 Å². The third kappa shape index (κ3) is 2.99. The predicted octanol–water partition coefficient (Wildman–Crippen LogP) is 0.829. The van der Waals surface area contributed by atoms with Crippen molar-refractivity contribution in [2.75, 3.05) is 13.1 Å². The van der Waals surface area contributed by atoms with Crippen molar-refractivity contribution >= 4 is 21.7 Å². The molecule has 1 aliphatic rings. The van der Waals surface area contributed by atoms with Gasteiger partial charge in [0.15, 0.2) is 9.84 Å². The van der Waals surface area contributed by atoms with Gasteiger partial charge in [-0.15, -0.1) is 0 Å². The summed E-state index contributed by atoms with van der Waals surface area (Å²) in [6.45, 7) is 5.66. The number of rotatable bonds is 3. The third-order valence-corrected chi connectivity index (χ3v) is 5.94. The molecule has 1 N–H and O–H groups in total. The monoisotopic (exact) mass is 324 g/mol. The summed E-state index contributed by atoms with van der Waals surface area (Å²) < 4.78 is 24.4. The van der Waals surface area contributed by atoms with Crippen LogP contribution in [0.3, 0.4) is 0 Å². The van der Waals surface area contributed by atoms with Gasteiger partial charge in [0.25, 0.3) is 5.91 Å². The average molecular weight is 324 g/mol. The van der Waals surface area contributed by atoms with Crippen LogP contribution in [0.4, 0.5) is 0 Å². The zero-order valence-corrected chi connectivity index (χ0v) is 13.7. The van der Waals surface area contributed by atoms with Gasteiger partial charge in [0.2, 0.25) is 5.91 Å². The van der Waals surface area contributed by atoms with Gasteiger partial charge in [-0.25, -0.2) is 8.42 Å². The summed E-state index contributed by atoms with van der Waals surface area (Å²) in [5.41, 5.74) is 0.281. The molecule has 0 spiro atoms. The molecule has 1 saturated heterocycles. The second-order valence-corrected chi connectivity index (χ2v) is 8.09. The predicted molar refractivity (Wildman–Crippen MR) is 82.3 cm³/mol. The minimum atomic E-state index is -3.44. The SMILES string of the molecule is CC1C(=O)NCCN1C(=O)c1cccc(S(=O)(=O)C(C)C)c1. The number of hydrogen-bond donors (Lipinski definition) is 1. The zero-order chi connectivity index (χ0) is 16.5. The summed E-state index contributed by atoms with van der Waals surface area (Å²) in [5, 5.41) is 2.13. The molecule has 0 bridgehead atoms. The Bertz CT molecular complexity index is 697. The van der Waals surface area contributed by atoms with Gasteiger partial charge < -0.3 is 10.2 Å². The molecule has 2 amide bonds. The first kappa shape index (κ1) is 16.5. The first-order valence-electron chi connectivity index (χ1n) is 7.18. The Kier molecular flexibility index (Phi) is 4.55. The Morgan fingerprint density at radius 2 is 2.05 bits per heavy atom. The largest absolute Gasteiger partial charge is 0.353 e. The van der Waals surface area contributed by atoms with E-state index in [-0.39, 0.29) is 22.3 Å². The molecule has 1 aromatic rings. The fraction of sp³-hybridized carbons (Fsp3) is 0.467. The molecule has 2 rings (SSSR count). The smallest absolute Gasteiger partial charge is 0.254 e. The first-order valence-corrected chi connectivity index (χ1v) is 8.72. The Morgan fingerprint density at radius 1 is 1.36 bits per heavy atom. The lowest BCUT2D eigenvalue weighted by molar-refractivity contribution is -0.127. The van der Waals surface area contributed by atoms with Gasteiger partial charge in [-0.1, -0.05) is 6.07 Å². The molecule has 1 aliphatic heterocycles. The fourth-order valence-corrected chi connectivity index (χ4v) is 3.41. The second kappa shape index (κ2) is 6.08. The number of carbonyl (C=O) groups excluding carboxylic acids is 2. The molecule has 1 fully saturated rings. The normalized spacial score (nSPS) is 19.2. The van der Waals surface area contributed by atoms with Crippen molar-refractivity contribution in [3.63, 3.8) is 0 Å². The molecule has 1 heterocycles. The van der Waals surface area contributed by atoms with Crippen LogP contribution in [-0.2, 0) is 14.6 Å². The fourth-order valence-electron chi connectivity index (χ4n) is 2.30. The van der Waals surface area contributed by atoms with Crippen LogP contribution >= 0.6 is 0 Å². The number of hydrogen-bond acceptors (Lipinski definition) is 4. The van der Waals surface area contributed by atoms with Crippen molar-refractivity contribution in [3.8, 4) is 0 Å². The maximum Gasteiger partial charge on any atom is 0.254 e. The Hall–Kier alpha value is -1.89. The minimum Gasteiger partial charge on any atom is -0.353 e. The quantitative estimate of drug-likeness (QED) is 0.892. The van der Waals surface area contributed by atoms with Crippen LogP contribution in [0.25, 0.3) is 0 Å². The van der Waals surface area contributed by atoms with Gasteiger partial charge >= 0.3 is 0 Å². The van der Waals surface area contributed by atoms with Crippen molar-refractivity contribution in [2.24, 2.45) is 0 Å². The van der Waals surface area contributed by atoms with E-state index in [1.54, 1.807) is 32.9 Å². The lowest BCUT2D eigenvalue weighted by atomic mass is 10.1. The van der Waals surface area contributed by atoms with E-state index >= 15 is 0 Å². The van der Waals surface area contributed by atoms with E-state index in [1.165, 1.54) is 17.0 Å². The van der Waals surface area contributed by atoms with Crippen LogP contribution in [0.1, 0.15) is 31.1 Å². The number of nitrogens with one attached hydrogen (secondary N) is 1. The molecule has 0 aromatic heterocycles. The minimum absolute atomic E-state index is 0.127. The number of amides is 2. The Labute approximate surface area is 130 Å². The van der Waals surface area contributed by atoms with Gasteiger partial charge in [-0.05, 0) is 39.0 Å². The van der Waals surface area contributed by atoms with E-state index in [0.29, 0.717) is 13.1 Å². The summed E-state index contributed by atoms with van der Waals surface area (Å²) in [6, 6.07) is 5.43. The third-order valence-electron chi connectivity index (χ3n) is 3.79. The number of nitrogens with zero attached hydrogens (tertiary/aromatic N) is 1. The van der Waals surface area contributed by atoms with Crippen molar-refractivity contribution < 1.29 is 18.0 Å². The van der Waals surface area contributed by atoms with E-state index in [4.69, 9.17) is 0 Å². The molecule has 1 atom stereocenters. The molecule has 7 heteroatoms. The van der Waals surface area contributed by atoms with E-state index < -0.39 is 21.1 Å². The van der Waals surface area contributed by atoms with Gasteiger partial charge in [0.1, 0.15) is 6.04 Å². The van der Waals surface area contributed by atoms with Crippen LogP contribution in [0, 0.1) is 0 Å². The van der Waals surface area contributed by atoms with E-state index in [0.717, 1.165) is 0 Å². The number of carbonyl (C=O) groups is 2. The standard InChI is InChI=1S/C15H20N2O4S/c1-10(2)22(20,21)13-6-4-5-12(9-13)15(19)17-8-7-16-14(18)11(17)3/h4-6,9-11H,7-8H2,1-3H3,(H,16,18). The summed E-state index contributed by atoms with van der Waals surface area (Å²) in [6.07, 6.45) is 0. The molecule has 6 nitrogen and oxygen atoms in total. The Morgan fingerprint density at radius 3 is 2.68 bits per heavy atom. The van der Waals surface area contributed by atoms with E-state index in [1.807, 2.05) is 0 Å². The topological polar surface area (TPSA) is 83.6 Å².